The highest BCUT2D eigenvalue weighted by Crippen LogP contribution is 2.26. The molecular formula is C17H23ClN4O2S. The minimum absolute atomic E-state index is 0.341. The Labute approximate surface area is 156 Å². The number of aliphatic hydroxyl groups excluding tert-OH is 1. The van der Waals surface area contributed by atoms with Gasteiger partial charge < -0.3 is 20.5 Å². The molecule has 1 unspecified atom stereocenters. The van der Waals surface area contributed by atoms with Crippen LogP contribution in [-0.4, -0.2) is 35.7 Å². The molecule has 0 fully saturated rings. The quantitative estimate of drug-likeness (QED) is 0.483. The van der Waals surface area contributed by atoms with Crippen molar-refractivity contribution in [2.45, 2.75) is 26.5 Å². The summed E-state index contributed by atoms with van der Waals surface area (Å²) in [5.74, 6) is 1.22. The van der Waals surface area contributed by atoms with E-state index in [-0.39, 0.29) is 0 Å². The van der Waals surface area contributed by atoms with Crippen molar-refractivity contribution in [1.82, 2.24) is 15.6 Å². The van der Waals surface area contributed by atoms with Gasteiger partial charge in [0.2, 0.25) is 5.88 Å². The summed E-state index contributed by atoms with van der Waals surface area (Å²) >= 11 is 7.28. The van der Waals surface area contributed by atoms with Crippen molar-refractivity contribution in [1.29, 1.82) is 0 Å². The second kappa shape index (κ2) is 10.2. The zero-order valence-corrected chi connectivity index (χ0v) is 15.9. The Kier molecular flexibility index (Phi) is 7.97. The standard InChI is InChI=1S/C17H23ClN4O2S/c1-3-19-17(22-11-13(23)14-7-8-15(18)25-14)21-10-12-6-5-9-20-16(12)24-4-2/h5-9,13,23H,3-4,10-11H2,1-2H3,(H2,19,21,22). The lowest BCUT2D eigenvalue weighted by Gasteiger charge is -2.14. The maximum absolute atomic E-state index is 10.2. The summed E-state index contributed by atoms with van der Waals surface area (Å²) in [7, 11) is 0. The van der Waals surface area contributed by atoms with Crippen molar-refractivity contribution >= 4 is 28.9 Å². The third kappa shape index (κ3) is 6.19. The van der Waals surface area contributed by atoms with Gasteiger partial charge in [0, 0.05) is 29.7 Å². The number of ether oxygens (including phenoxy) is 1. The van der Waals surface area contributed by atoms with Gasteiger partial charge in [0.25, 0.3) is 0 Å². The summed E-state index contributed by atoms with van der Waals surface area (Å²) in [6.07, 6.45) is 1.06. The van der Waals surface area contributed by atoms with Gasteiger partial charge >= 0.3 is 0 Å². The van der Waals surface area contributed by atoms with E-state index in [9.17, 15) is 5.11 Å². The number of hydrogen-bond donors (Lipinski definition) is 3. The number of pyridine rings is 1. The van der Waals surface area contributed by atoms with Gasteiger partial charge in [-0.25, -0.2) is 9.98 Å². The molecule has 0 saturated carbocycles. The molecule has 2 aromatic rings. The van der Waals surface area contributed by atoms with Crippen LogP contribution >= 0.6 is 22.9 Å². The van der Waals surface area contributed by atoms with Gasteiger partial charge in [0.15, 0.2) is 5.96 Å². The fourth-order valence-corrected chi connectivity index (χ4v) is 3.17. The normalized spacial score (nSPS) is 12.7. The minimum atomic E-state index is -0.640. The molecule has 6 nitrogen and oxygen atoms in total. The van der Waals surface area contributed by atoms with E-state index in [0.717, 1.165) is 17.0 Å². The molecule has 2 aromatic heterocycles. The lowest BCUT2D eigenvalue weighted by molar-refractivity contribution is 0.184. The molecule has 8 heteroatoms. The molecule has 0 saturated heterocycles. The highest BCUT2D eigenvalue weighted by atomic mass is 35.5. The van der Waals surface area contributed by atoms with E-state index in [0.29, 0.717) is 35.9 Å². The largest absolute Gasteiger partial charge is 0.478 e. The molecule has 0 amide bonds. The number of aliphatic hydroxyl groups is 1. The maximum atomic E-state index is 10.2. The smallest absolute Gasteiger partial charge is 0.218 e. The molecule has 0 aliphatic rings. The Bertz CT molecular complexity index is 693. The molecule has 0 aliphatic carbocycles. The lowest BCUT2D eigenvalue weighted by atomic mass is 10.3. The fraction of sp³-hybridized carbons (Fsp3) is 0.412. The van der Waals surface area contributed by atoms with Crippen molar-refractivity contribution in [2.75, 3.05) is 19.7 Å². The van der Waals surface area contributed by atoms with E-state index in [1.165, 1.54) is 11.3 Å². The Morgan fingerprint density at radius 1 is 1.36 bits per heavy atom. The fourth-order valence-electron chi connectivity index (χ4n) is 2.12. The Morgan fingerprint density at radius 2 is 2.20 bits per heavy atom. The molecule has 0 bridgehead atoms. The van der Waals surface area contributed by atoms with Crippen molar-refractivity contribution in [3.8, 4) is 5.88 Å². The Hall–Kier alpha value is -1.83. The van der Waals surface area contributed by atoms with Crippen LogP contribution < -0.4 is 15.4 Å². The van der Waals surface area contributed by atoms with Crippen molar-refractivity contribution in [2.24, 2.45) is 4.99 Å². The van der Waals surface area contributed by atoms with Crippen molar-refractivity contribution < 1.29 is 9.84 Å². The van der Waals surface area contributed by atoms with Gasteiger partial charge in [-0.05, 0) is 32.0 Å². The van der Waals surface area contributed by atoms with Crippen LogP contribution in [0.3, 0.4) is 0 Å². The molecule has 136 valence electrons. The van der Waals surface area contributed by atoms with Crippen LogP contribution in [0.5, 0.6) is 5.88 Å². The first kappa shape index (κ1) is 19.5. The molecule has 1 atom stereocenters. The number of halogens is 1. The van der Waals surface area contributed by atoms with Gasteiger partial charge in [-0.3, -0.25) is 0 Å². The van der Waals surface area contributed by atoms with Crippen molar-refractivity contribution in [3.05, 3.63) is 45.2 Å². The number of hydrogen-bond acceptors (Lipinski definition) is 5. The number of thiophene rings is 1. The monoisotopic (exact) mass is 382 g/mol. The zero-order valence-electron chi connectivity index (χ0n) is 14.3. The third-order valence-electron chi connectivity index (χ3n) is 3.27. The predicted octanol–water partition coefficient (Wildman–Crippen LogP) is 2.98. The Morgan fingerprint density at radius 3 is 2.88 bits per heavy atom. The van der Waals surface area contributed by atoms with E-state index < -0.39 is 6.10 Å². The molecular weight excluding hydrogens is 360 g/mol. The number of guanidine groups is 1. The summed E-state index contributed by atoms with van der Waals surface area (Å²) < 4.78 is 6.18. The number of aromatic nitrogens is 1. The highest BCUT2D eigenvalue weighted by Gasteiger charge is 2.11. The van der Waals surface area contributed by atoms with Gasteiger partial charge in [0.05, 0.1) is 17.5 Å². The molecule has 0 radical (unpaired) electrons. The summed E-state index contributed by atoms with van der Waals surface area (Å²) in [5, 5.41) is 16.5. The van der Waals surface area contributed by atoms with E-state index in [2.05, 4.69) is 20.6 Å². The summed E-state index contributed by atoms with van der Waals surface area (Å²) in [6.45, 7) is 5.96. The molecule has 0 spiro atoms. The molecule has 2 rings (SSSR count). The first-order valence-electron chi connectivity index (χ1n) is 8.16. The van der Waals surface area contributed by atoms with Gasteiger partial charge in [-0.1, -0.05) is 17.7 Å². The van der Waals surface area contributed by atoms with Crippen LogP contribution in [0, 0.1) is 0 Å². The number of nitrogens with zero attached hydrogens (tertiary/aromatic N) is 2. The number of rotatable bonds is 8. The molecule has 0 aromatic carbocycles. The van der Waals surface area contributed by atoms with Gasteiger partial charge in [-0.15, -0.1) is 11.3 Å². The first-order valence-corrected chi connectivity index (χ1v) is 9.35. The van der Waals surface area contributed by atoms with E-state index in [1.54, 1.807) is 12.3 Å². The van der Waals surface area contributed by atoms with Crippen LogP contribution in [0.25, 0.3) is 0 Å². The topological polar surface area (TPSA) is 78.8 Å². The second-order valence-electron chi connectivity index (χ2n) is 5.13. The van der Waals surface area contributed by atoms with Crippen molar-refractivity contribution in [3.63, 3.8) is 0 Å². The summed E-state index contributed by atoms with van der Waals surface area (Å²) in [4.78, 5) is 9.58. The van der Waals surface area contributed by atoms with Crippen LogP contribution in [0.15, 0.2) is 35.5 Å². The van der Waals surface area contributed by atoms with Crippen LogP contribution in [0.4, 0.5) is 0 Å². The first-order chi connectivity index (χ1) is 12.1. The SMILES string of the molecule is CCNC(=NCc1cccnc1OCC)NCC(O)c1ccc(Cl)s1. The molecule has 3 N–H and O–H groups in total. The summed E-state index contributed by atoms with van der Waals surface area (Å²) in [6, 6.07) is 7.40. The van der Waals surface area contributed by atoms with E-state index in [1.807, 2.05) is 32.0 Å². The predicted molar refractivity (Wildman–Crippen MR) is 103 cm³/mol. The summed E-state index contributed by atoms with van der Waals surface area (Å²) in [5.41, 5.74) is 0.909. The highest BCUT2D eigenvalue weighted by molar-refractivity contribution is 7.16. The molecule has 25 heavy (non-hydrogen) atoms. The minimum Gasteiger partial charge on any atom is -0.478 e. The average Bonchev–Trinajstić information content (AvgIpc) is 3.05. The zero-order chi connectivity index (χ0) is 18.1. The van der Waals surface area contributed by atoms with Crippen LogP contribution in [-0.2, 0) is 6.54 Å². The van der Waals surface area contributed by atoms with Crippen LogP contribution in [0.2, 0.25) is 4.34 Å². The van der Waals surface area contributed by atoms with Gasteiger partial charge in [-0.2, -0.15) is 0 Å². The molecule has 2 heterocycles. The van der Waals surface area contributed by atoms with E-state index >= 15 is 0 Å². The third-order valence-corrected chi connectivity index (χ3v) is 4.60. The van der Waals surface area contributed by atoms with Crippen LogP contribution in [0.1, 0.15) is 30.4 Å². The second-order valence-corrected chi connectivity index (χ2v) is 6.88. The number of nitrogens with one attached hydrogen (secondary N) is 2. The molecule has 0 aliphatic heterocycles. The van der Waals surface area contributed by atoms with E-state index in [4.69, 9.17) is 16.3 Å². The lowest BCUT2D eigenvalue weighted by Crippen LogP contribution is -2.39. The Balaban J connectivity index is 1.98. The van der Waals surface area contributed by atoms with Gasteiger partial charge in [0.1, 0.15) is 6.10 Å². The maximum Gasteiger partial charge on any atom is 0.218 e. The number of aliphatic imine (C=N–C) groups is 1. The average molecular weight is 383 g/mol.